The van der Waals surface area contributed by atoms with Crippen LogP contribution in [0.1, 0.15) is 18.7 Å². The lowest BCUT2D eigenvalue weighted by atomic mass is 9.98. The van der Waals surface area contributed by atoms with E-state index in [1.54, 1.807) is 11.3 Å². The molecule has 1 unspecified atom stereocenters. The summed E-state index contributed by atoms with van der Waals surface area (Å²) in [6.45, 7) is 4.08. The molecule has 5 nitrogen and oxygen atoms in total. The summed E-state index contributed by atoms with van der Waals surface area (Å²) in [6.07, 6.45) is 2.56. The molecule has 0 aromatic carbocycles. The van der Waals surface area contributed by atoms with Crippen molar-refractivity contribution in [3.8, 4) is 10.7 Å². The van der Waals surface area contributed by atoms with Crippen LogP contribution in [-0.4, -0.2) is 41.7 Å². The fourth-order valence-electron chi connectivity index (χ4n) is 2.77. The highest BCUT2D eigenvalue weighted by Crippen LogP contribution is 2.22. The number of halogens is 1. The highest BCUT2D eigenvalue weighted by molar-refractivity contribution is 7.13. The van der Waals surface area contributed by atoms with E-state index in [9.17, 15) is 0 Å². The van der Waals surface area contributed by atoms with Crippen LogP contribution in [-0.2, 0) is 6.54 Å². The molecule has 0 bridgehead atoms. The third-order valence-corrected chi connectivity index (χ3v) is 4.53. The number of hydrogen-bond donors (Lipinski definition) is 1. The minimum Gasteiger partial charge on any atom is -0.338 e. The van der Waals surface area contributed by atoms with Crippen LogP contribution >= 0.6 is 23.7 Å². The molecule has 2 aromatic rings. The quantitative estimate of drug-likeness (QED) is 0.914. The lowest BCUT2D eigenvalue weighted by molar-refractivity contribution is 0.149. The predicted octanol–water partition coefficient (Wildman–Crippen LogP) is 2.65. The number of piperidine rings is 1. The number of likely N-dealkylation sites (tertiary alicyclic amines) is 1. The van der Waals surface area contributed by atoms with Crippen molar-refractivity contribution in [2.24, 2.45) is 5.92 Å². The Morgan fingerprint density at radius 3 is 3.19 bits per heavy atom. The van der Waals surface area contributed by atoms with E-state index in [0.29, 0.717) is 5.82 Å². The molecule has 1 atom stereocenters. The van der Waals surface area contributed by atoms with E-state index < -0.39 is 0 Å². The van der Waals surface area contributed by atoms with Crippen molar-refractivity contribution < 1.29 is 4.52 Å². The van der Waals surface area contributed by atoms with Gasteiger partial charge in [0, 0.05) is 6.54 Å². The first-order valence-electron chi connectivity index (χ1n) is 7.08. The van der Waals surface area contributed by atoms with Crippen molar-refractivity contribution in [3.05, 3.63) is 23.4 Å². The van der Waals surface area contributed by atoms with E-state index in [2.05, 4.69) is 20.4 Å². The summed E-state index contributed by atoms with van der Waals surface area (Å²) < 4.78 is 5.37. The molecule has 1 saturated heterocycles. The second-order valence-electron chi connectivity index (χ2n) is 5.29. The summed E-state index contributed by atoms with van der Waals surface area (Å²) in [5.41, 5.74) is 0. The average Bonchev–Trinajstić information content (AvgIpc) is 3.10. The molecule has 3 rings (SSSR count). The highest BCUT2D eigenvalue weighted by Gasteiger charge is 2.21. The summed E-state index contributed by atoms with van der Waals surface area (Å²) in [4.78, 5) is 7.97. The Morgan fingerprint density at radius 2 is 2.43 bits per heavy atom. The fraction of sp³-hybridized carbons (Fsp3) is 0.571. The van der Waals surface area contributed by atoms with Gasteiger partial charge in [0.25, 0.3) is 0 Å². The number of aromatic nitrogens is 2. The first kappa shape index (κ1) is 16.4. The fourth-order valence-corrected chi connectivity index (χ4v) is 3.42. The van der Waals surface area contributed by atoms with Gasteiger partial charge in [-0.3, -0.25) is 4.90 Å². The summed E-state index contributed by atoms with van der Waals surface area (Å²) in [6, 6.07) is 4.02. The van der Waals surface area contributed by atoms with Crippen molar-refractivity contribution in [1.29, 1.82) is 0 Å². The number of nitrogens with one attached hydrogen (secondary N) is 1. The Morgan fingerprint density at radius 1 is 1.52 bits per heavy atom. The monoisotopic (exact) mass is 328 g/mol. The van der Waals surface area contributed by atoms with Gasteiger partial charge in [-0.2, -0.15) is 4.98 Å². The Labute approximate surface area is 135 Å². The standard InChI is InChI=1S/C14H20N4OS.ClH/c1-15-8-11-4-2-6-18(9-11)10-13-16-14(17-19-13)12-5-3-7-20-12;/h3,5,7,11,15H,2,4,6,8-10H2,1H3;1H. The van der Waals surface area contributed by atoms with Crippen LogP contribution < -0.4 is 5.32 Å². The molecular formula is C14H21ClN4OS. The highest BCUT2D eigenvalue weighted by atomic mass is 35.5. The summed E-state index contributed by atoms with van der Waals surface area (Å²) >= 11 is 1.64. The number of rotatable bonds is 5. The molecule has 1 N–H and O–H groups in total. The molecule has 0 saturated carbocycles. The third kappa shape index (κ3) is 4.26. The van der Waals surface area contributed by atoms with Gasteiger partial charge in [0.2, 0.25) is 11.7 Å². The van der Waals surface area contributed by atoms with Crippen LogP contribution in [0.25, 0.3) is 10.7 Å². The van der Waals surface area contributed by atoms with Gasteiger partial charge >= 0.3 is 0 Å². The Hall–Kier alpha value is -0.950. The van der Waals surface area contributed by atoms with Crippen molar-refractivity contribution in [3.63, 3.8) is 0 Å². The zero-order valence-electron chi connectivity index (χ0n) is 12.1. The second kappa shape index (κ2) is 7.89. The maximum atomic E-state index is 5.37. The van der Waals surface area contributed by atoms with Gasteiger partial charge in [0.15, 0.2) is 0 Å². The molecule has 0 aliphatic carbocycles. The number of nitrogens with zero attached hydrogens (tertiary/aromatic N) is 3. The first-order chi connectivity index (χ1) is 9.85. The molecule has 0 amide bonds. The topological polar surface area (TPSA) is 54.2 Å². The molecule has 0 radical (unpaired) electrons. The van der Waals surface area contributed by atoms with Gasteiger partial charge in [0.1, 0.15) is 0 Å². The van der Waals surface area contributed by atoms with Gasteiger partial charge in [0.05, 0.1) is 11.4 Å². The summed E-state index contributed by atoms with van der Waals surface area (Å²) in [5.74, 6) is 2.16. The Kier molecular flexibility index (Phi) is 6.17. The van der Waals surface area contributed by atoms with Crippen LogP contribution in [0.5, 0.6) is 0 Å². The number of hydrogen-bond acceptors (Lipinski definition) is 6. The molecule has 1 aliphatic heterocycles. The van der Waals surface area contributed by atoms with E-state index in [0.717, 1.165) is 42.9 Å². The largest absolute Gasteiger partial charge is 0.338 e. The Bertz CT molecular complexity index is 529. The van der Waals surface area contributed by atoms with E-state index >= 15 is 0 Å². The molecule has 116 valence electrons. The van der Waals surface area contributed by atoms with Crippen molar-refractivity contribution in [2.45, 2.75) is 19.4 Å². The minimum atomic E-state index is 0. The molecule has 1 fully saturated rings. The van der Waals surface area contributed by atoms with Crippen LogP contribution in [0.4, 0.5) is 0 Å². The summed E-state index contributed by atoms with van der Waals surface area (Å²) in [5, 5.41) is 9.36. The van der Waals surface area contributed by atoms with Crippen LogP contribution in [0, 0.1) is 5.92 Å². The van der Waals surface area contributed by atoms with Gasteiger partial charge in [-0.25, -0.2) is 0 Å². The third-order valence-electron chi connectivity index (χ3n) is 3.66. The smallest absolute Gasteiger partial charge is 0.241 e. The molecule has 21 heavy (non-hydrogen) atoms. The normalized spacial score (nSPS) is 19.4. The van der Waals surface area contributed by atoms with Gasteiger partial charge in [-0.1, -0.05) is 11.2 Å². The lowest BCUT2D eigenvalue weighted by Crippen LogP contribution is -2.38. The molecular weight excluding hydrogens is 308 g/mol. The van der Waals surface area contributed by atoms with E-state index in [1.807, 2.05) is 24.6 Å². The van der Waals surface area contributed by atoms with Crippen molar-refractivity contribution >= 4 is 23.7 Å². The zero-order chi connectivity index (χ0) is 13.8. The molecule has 7 heteroatoms. The first-order valence-corrected chi connectivity index (χ1v) is 7.96. The van der Waals surface area contributed by atoms with E-state index in [4.69, 9.17) is 4.52 Å². The van der Waals surface area contributed by atoms with Crippen LogP contribution in [0.3, 0.4) is 0 Å². The average molecular weight is 329 g/mol. The van der Waals surface area contributed by atoms with Crippen molar-refractivity contribution in [2.75, 3.05) is 26.7 Å². The molecule has 3 heterocycles. The summed E-state index contributed by atoms with van der Waals surface area (Å²) in [7, 11) is 2.02. The lowest BCUT2D eigenvalue weighted by Gasteiger charge is -2.31. The predicted molar refractivity (Wildman–Crippen MR) is 86.8 cm³/mol. The maximum absolute atomic E-state index is 5.37. The zero-order valence-corrected chi connectivity index (χ0v) is 13.8. The van der Waals surface area contributed by atoms with Gasteiger partial charge in [-0.15, -0.1) is 23.7 Å². The minimum absolute atomic E-state index is 0. The Balaban J connectivity index is 0.00000161. The van der Waals surface area contributed by atoms with Gasteiger partial charge < -0.3 is 9.84 Å². The molecule has 1 aliphatic rings. The maximum Gasteiger partial charge on any atom is 0.241 e. The number of thiophene rings is 1. The van der Waals surface area contributed by atoms with E-state index in [-0.39, 0.29) is 12.4 Å². The SMILES string of the molecule is CNCC1CCCN(Cc2nc(-c3cccs3)no2)C1.Cl. The molecule has 2 aromatic heterocycles. The van der Waals surface area contributed by atoms with E-state index in [1.165, 1.54) is 12.8 Å². The van der Waals surface area contributed by atoms with Gasteiger partial charge in [-0.05, 0) is 50.3 Å². The second-order valence-corrected chi connectivity index (χ2v) is 6.24. The molecule has 0 spiro atoms. The van der Waals surface area contributed by atoms with Crippen LogP contribution in [0.15, 0.2) is 22.0 Å². The van der Waals surface area contributed by atoms with Crippen LogP contribution in [0.2, 0.25) is 0 Å². The van der Waals surface area contributed by atoms with Crippen molar-refractivity contribution in [1.82, 2.24) is 20.4 Å².